The fraction of sp³-hybridized carbons (Fsp3) is 0.458. The number of phenolic OH excluding ortho intramolecular Hbond substituents is 3. The highest BCUT2D eigenvalue weighted by Gasteiger charge is 2.37. The van der Waals surface area contributed by atoms with E-state index in [0.29, 0.717) is 161 Å². The Balaban J connectivity index is 0.000000139. The molecule has 3 aromatic heterocycles. The molecular weight excluding hydrogens is 1600 g/mol. The van der Waals surface area contributed by atoms with E-state index < -0.39 is 5.67 Å². The van der Waals surface area contributed by atoms with Gasteiger partial charge in [-0.25, -0.2) is 9.37 Å². The molecule has 9 aromatic rings. The number of nitrogens with zero attached hydrogens (tertiary/aromatic N) is 19. The van der Waals surface area contributed by atoms with Gasteiger partial charge in [0, 0.05) is 231 Å². The third-order valence-electron chi connectivity index (χ3n) is 26.0. The predicted molar refractivity (Wildman–Crippen MR) is 492 cm³/mol. The lowest BCUT2D eigenvalue weighted by Crippen LogP contribution is -2.49. The van der Waals surface area contributed by atoms with Crippen LogP contribution in [0.5, 0.6) is 29.3 Å². The number of amides is 4. The summed E-state index contributed by atoms with van der Waals surface area (Å²) in [6.07, 6.45) is 10.2. The summed E-state index contributed by atoms with van der Waals surface area (Å²) in [4.78, 5) is 106. The Labute approximate surface area is 737 Å². The number of hydrogen-bond acceptors (Lipinski definition) is 25. The second-order valence-corrected chi connectivity index (χ2v) is 35.0. The number of piperazine rings is 3. The third-order valence-corrected chi connectivity index (χ3v) is 26.0. The van der Waals surface area contributed by atoms with E-state index in [4.69, 9.17) is 39.4 Å². The number of aromatic hydroxyl groups is 3. The number of likely N-dealkylation sites (tertiary alicyclic amines) is 3. The molecule has 4 amide bonds. The lowest BCUT2D eigenvalue weighted by atomic mass is 10.0. The summed E-state index contributed by atoms with van der Waals surface area (Å²) in [5, 5.41) is 41.2. The molecule has 0 saturated carbocycles. The van der Waals surface area contributed by atoms with Gasteiger partial charge in [0.15, 0.2) is 0 Å². The minimum Gasteiger partial charge on any atom is -0.508 e. The number of benzene rings is 6. The standard InChI is InChI=1S/C33H41N7O4.C32H40N6O3.C31H38FN7O2/c1-4-30(42)38-13-15-39(16-14-38)32-27-10-12-40(29-18-25(41)17-24-7-5-6-8-26(24)29)20-28(27)34-33(35-32)44-22-23-9-11-37(19-23)21-31(43)36(2)3;1-3-11-35-12-9-23(20-35)22-41-32-33-28-21-38(29-19-25(39)18-24-7-5-6-8-26(24)29)13-10-27(28)31(34-32)37-16-14-36(15-17-37)30(40)4-2;1-3-28(41)37-14-16-38(17-15-37)29-25-8-11-39(27-19-23(40)18-22-6-4-5-7-24(22)27)20-26(25)34-30(35-29)33-10-13-36-12-9-31(2,32)21-36/h4-8,17-18,23,41H,1,9-16,19-22H2,2-3H3;4-8,18-19,23,39H,2-3,9-17,20-22H2,1H3;3-7,18-19,40H,1,8-17,20-21H2,2H3,(H,33,34,35). The van der Waals surface area contributed by atoms with Crippen molar-refractivity contribution in [2.45, 2.75) is 84.1 Å². The molecule has 0 bridgehead atoms. The molecule has 664 valence electrons. The minimum atomic E-state index is -1.12. The zero-order valence-electron chi connectivity index (χ0n) is 73.2. The molecule has 29 nitrogen and oxygen atoms in total. The monoisotopic (exact) mass is 1710 g/mol. The van der Waals surface area contributed by atoms with Crippen LogP contribution in [-0.2, 0) is 58.1 Å². The molecule has 6 saturated heterocycles. The van der Waals surface area contributed by atoms with Crippen LogP contribution in [0, 0.1) is 11.8 Å². The predicted octanol–water partition coefficient (Wildman–Crippen LogP) is 9.94. The van der Waals surface area contributed by atoms with Gasteiger partial charge in [0.1, 0.15) is 40.4 Å². The van der Waals surface area contributed by atoms with Crippen LogP contribution >= 0.6 is 0 Å². The lowest BCUT2D eigenvalue weighted by Gasteiger charge is -2.38. The van der Waals surface area contributed by atoms with Gasteiger partial charge in [0.25, 0.3) is 0 Å². The molecule has 6 fully saturated rings. The van der Waals surface area contributed by atoms with E-state index in [9.17, 15) is 38.9 Å². The van der Waals surface area contributed by atoms with Crippen molar-refractivity contribution in [3.8, 4) is 29.3 Å². The number of likely N-dealkylation sites (N-methyl/N-ethyl adjacent to an activating group) is 1. The van der Waals surface area contributed by atoms with Crippen LogP contribution in [0.2, 0.25) is 0 Å². The van der Waals surface area contributed by atoms with Gasteiger partial charge in [0.2, 0.25) is 29.6 Å². The first-order valence-electron chi connectivity index (χ1n) is 44.7. The average Bonchev–Trinajstić information content (AvgIpc) is 0.935. The number of carbonyl (C=O) groups excluding carboxylic acids is 4. The highest BCUT2D eigenvalue weighted by molar-refractivity contribution is 5.98. The Morgan fingerprint density at radius 1 is 0.484 bits per heavy atom. The van der Waals surface area contributed by atoms with E-state index >= 15 is 0 Å². The van der Waals surface area contributed by atoms with Crippen molar-refractivity contribution in [1.82, 2.24) is 64.2 Å². The van der Waals surface area contributed by atoms with Crippen LogP contribution in [-0.4, -0.2) is 300 Å². The van der Waals surface area contributed by atoms with Crippen LogP contribution in [0.3, 0.4) is 0 Å². The number of carbonyl (C=O) groups is 4. The first kappa shape index (κ1) is 87.3. The zero-order chi connectivity index (χ0) is 87.7. The molecule has 9 aliphatic heterocycles. The molecule has 12 heterocycles. The van der Waals surface area contributed by atoms with Crippen LogP contribution in [0.4, 0.5) is 44.9 Å². The van der Waals surface area contributed by atoms with E-state index in [0.717, 1.165) is 198 Å². The van der Waals surface area contributed by atoms with Crippen molar-refractivity contribution >= 4 is 96.4 Å². The van der Waals surface area contributed by atoms with Crippen molar-refractivity contribution in [3.63, 3.8) is 0 Å². The Bertz CT molecular complexity index is 5480. The SMILES string of the molecule is C=CC(=O)N1CCN(c2nc(NCCN3CCC(C)(F)C3)nc3c2CCN(c2cc(O)cc4ccccc24)C3)CC1.C=CC(=O)N1CCN(c2nc(OCC3CCN(CC(=O)N(C)C)C3)nc3c2CCN(c2cc(O)cc4ccccc24)C3)CC1.C=CC(=O)N1CCN(c2nc(OCC3CCN(CCC)C3)nc3c2CCN(c2cc(O)cc4ccccc24)C3)CC1. The summed E-state index contributed by atoms with van der Waals surface area (Å²) in [5.41, 5.74) is 8.07. The van der Waals surface area contributed by atoms with Gasteiger partial charge in [-0.15, -0.1) is 0 Å². The maximum atomic E-state index is 14.3. The van der Waals surface area contributed by atoms with E-state index in [-0.39, 0.29) is 46.8 Å². The van der Waals surface area contributed by atoms with Crippen LogP contribution in [0.15, 0.2) is 147 Å². The van der Waals surface area contributed by atoms with Crippen molar-refractivity contribution in [1.29, 1.82) is 0 Å². The molecule has 18 rings (SSSR count). The number of halogens is 1. The van der Waals surface area contributed by atoms with E-state index in [1.165, 1.54) is 24.6 Å². The molecule has 0 radical (unpaired) electrons. The van der Waals surface area contributed by atoms with E-state index in [1.54, 1.807) is 38.1 Å². The molecule has 9 aliphatic rings. The van der Waals surface area contributed by atoms with Crippen LogP contribution in [0.1, 0.15) is 73.3 Å². The maximum absolute atomic E-state index is 14.3. The van der Waals surface area contributed by atoms with Gasteiger partial charge in [-0.1, -0.05) is 99.5 Å². The first-order chi connectivity index (χ1) is 61.1. The van der Waals surface area contributed by atoms with Crippen molar-refractivity contribution < 1.29 is 48.4 Å². The normalized spacial score (nSPS) is 19.8. The zero-order valence-corrected chi connectivity index (χ0v) is 73.2. The molecule has 4 N–H and O–H groups in total. The third kappa shape index (κ3) is 20.4. The van der Waals surface area contributed by atoms with Crippen molar-refractivity contribution in [2.75, 3.05) is 226 Å². The molecule has 6 aromatic carbocycles. The fourth-order valence-corrected chi connectivity index (χ4v) is 19.2. The highest BCUT2D eigenvalue weighted by atomic mass is 19.1. The van der Waals surface area contributed by atoms with Gasteiger partial charge < -0.3 is 84.0 Å². The van der Waals surface area contributed by atoms with Gasteiger partial charge in [-0.05, 0) is 124 Å². The minimum absolute atomic E-state index is 0.0268. The Morgan fingerprint density at radius 2 is 0.873 bits per heavy atom. The lowest BCUT2D eigenvalue weighted by molar-refractivity contribution is -0.130. The van der Waals surface area contributed by atoms with Gasteiger partial charge in [-0.3, -0.25) is 29.0 Å². The number of hydrogen-bond donors (Lipinski definition) is 4. The number of ether oxygens (including phenoxy) is 2. The number of phenols is 3. The molecule has 3 unspecified atom stereocenters. The second kappa shape index (κ2) is 39.2. The highest BCUT2D eigenvalue weighted by Crippen LogP contribution is 2.42. The number of anilines is 7. The number of alkyl halides is 1. The molecular formula is C96H119FN20O9. The van der Waals surface area contributed by atoms with Gasteiger partial charge >= 0.3 is 12.0 Å². The molecule has 0 aliphatic carbocycles. The number of fused-ring (bicyclic) bond motifs is 6. The number of nitrogens with one attached hydrogen (secondary N) is 1. The smallest absolute Gasteiger partial charge is 0.318 e. The molecule has 3 atom stereocenters. The van der Waals surface area contributed by atoms with E-state index in [1.807, 2.05) is 93.6 Å². The van der Waals surface area contributed by atoms with Crippen molar-refractivity contribution in [3.05, 3.63) is 181 Å². The summed E-state index contributed by atoms with van der Waals surface area (Å²) < 4.78 is 26.9. The Hall–Kier alpha value is -12.2. The topological polar surface area (TPSA) is 279 Å². The summed E-state index contributed by atoms with van der Waals surface area (Å²) in [5.74, 6) is 4.78. The molecule has 126 heavy (non-hydrogen) atoms. The Morgan fingerprint density at radius 3 is 1.26 bits per heavy atom. The largest absolute Gasteiger partial charge is 0.508 e. The fourth-order valence-electron chi connectivity index (χ4n) is 19.2. The molecule has 0 spiro atoms. The van der Waals surface area contributed by atoms with Crippen molar-refractivity contribution in [2.24, 2.45) is 11.8 Å². The van der Waals surface area contributed by atoms with Crippen LogP contribution < -0.4 is 44.2 Å². The molecule has 30 heteroatoms. The average molecular weight is 1720 g/mol. The number of aromatic nitrogens is 6. The van der Waals surface area contributed by atoms with Crippen LogP contribution in [0.25, 0.3) is 32.3 Å². The van der Waals surface area contributed by atoms with Gasteiger partial charge in [-0.2, -0.15) is 24.9 Å². The summed E-state index contributed by atoms with van der Waals surface area (Å²) in [6, 6.07) is 36.1. The second-order valence-electron chi connectivity index (χ2n) is 35.0. The summed E-state index contributed by atoms with van der Waals surface area (Å²) >= 11 is 0. The first-order valence-corrected chi connectivity index (χ1v) is 44.7. The Kier molecular flexibility index (Phi) is 27.1. The van der Waals surface area contributed by atoms with Gasteiger partial charge in [0.05, 0.1) is 56.5 Å². The van der Waals surface area contributed by atoms with E-state index in [2.05, 4.69) is 94.3 Å². The number of rotatable bonds is 23. The maximum Gasteiger partial charge on any atom is 0.318 e. The quantitative estimate of drug-likeness (QED) is 0.0433. The summed E-state index contributed by atoms with van der Waals surface area (Å²) in [6.45, 7) is 35.8. The summed E-state index contributed by atoms with van der Waals surface area (Å²) in [7, 11) is 3.57.